The predicted octanol–water partition coefficient (Wildman–Crippen LogP) is 0.382. The Kier molecular flexibility index (Phi) is 3.71. The molecule has 2 N–H and O–H groups in total. The van der Waals surface area contributed by atoms with Gasteiger partial charge in [0.15, 0.2) is 0 Å². The number of pyridine rings is 1. The first kappa shape index (κ1) is 10.8. The Labute approximate surface area is 83.9 Å². The normalized spacial score (nSPS) is 10.8. The predicted molar refractivity (Wildman–Crippen MR) is 58.3 cm³/mol. The molecule has 1 rings (SSSR count). The van der Waals surface area contributed by atoms with Crippen LogP contribution in [0.2, 0.25) is 0 Å². The number of nitrogens with two attached hydrogens (primary N) is 1. The van der Waals surface area contributed by atoms with Gasteiger partial charge < -0.3 is 15.2 Å². The highest BCUT2D eigenvalue weighted by Crippen LogP contribution is 1.97. The fraction of sp³-hybridized carbons (Fsp3) is 0.500. The van der Waals surface area contributed by atoms with Crippen LogP contribution in [0.25, 0.3) is 0 Å². The van der Waals surface area contributed by atoms with Gasteiger partial charge in [0.05, 0.1) is 0 Å². The smallest absolute Gasteiger partial charge is 0.250 e. The second-order valence-electron chi connectivity index (χ2n) is 3.65. The first-order chi connectivity index (χ1) is 6.59. The second-order valence-corrected chi connectivity index (χ2v) is 3.65. The van der Waals surface area contributed by atoms with Crippen LogP contribution in [-0.2, 0) is 6.54 Å². The third-order valence-corrected chi connectivity index (χ3v) is 2.01. The average molecular weight is 195 g/mol. The molecule has 4 heteroatoms. The molecule has 0 aromatic carbocycles. The van der Waals surface area contributed by atoms with Crippen molar-refractivity contribution in [2.45, 2.75) is 13.0 Å². The average Bonchev–Trinajstić information content (AvgIpc) is 2.10. The summed E-state index contributed by atoms with van der Waals surface area (Å²) in [4.78, 5) is 13.4. The first-order valence-electron chi connectivity index (χ1n) is 4.70. The highest BCUT2D eigenvalue weighted by Gasteiger charge is 1.96. The number of hydrogen-bond donors (Lipinski definition) is 1. The summed E-state index contributed by atoms with van der Waals surface area (Å²) in [5, 5.41) is 0. The molecular weight excluding hydrogens is 178 g/mol. The van der Waals surface area contributed by atoms with Crippen molar-refractivity contribution in [3.05, 3.63) is 28.7 Å². The Morgan fingerprint density at radius 3 is 2.79 bits per heavy atom. The molecule has 0 amide bonds. The molecule has 1 heterocycles. The summed E-state index contributed by atoms with van der Waals surface area (Å²) < 4.78 is 1.65. The van der Waals surface area contributed by atoms with Crippen molar-refractivity contribution < 1.29 is 0 Å². The molecule has 0 bridgehead atoms. The Hall–Kier alpha value is -1.29. The van der Waals surface area contributed by atoms with Gasteiger partial charge >= 0.3 is 0 Å². The number of nitrogen functional groups attached to an aromatic ring is 1. The highest BCUT2D eigenvalue weighted by atomic mass is 16.1. The van der Waals surface area contributed by atoms with E-state index in [1.54, 1.807) is 16.8 Å². The van der Waals surface area contributed by atoms with Gasteiger partial charge in [0.1, 0.15) is 0 Å². The van der Waals surface area contributed by atoms with E-state index in [2.05, 4.69) is 4.90 Å². The van der Waals surface area contributed by atoms with E-state index >= 15 is 0 Å². The van der Waals surface area contributed by atoms with Gasteiger partial charge in [-0.15, -0.1) is 0 Å². The van der Waals surface area contributed by atoms with Gasteiger partial charge in [-0.3, -0.25) is 4.79 Å². The minimum atomic E-state index is 0.0120. The third kappa shape index (κ3) is 3.22. The van der Waals surface area contributed by atoms with Crippen molar-refractivity contribution in [1.29, 1.82) is 0 Å². The summed E-state index contributed by atoms with van der Waals surface area (Å²) >= 11 is 0. The lowest BCUT2D eigenvalue weighted by atomic mass is 10.3. The summed E-state index contributed by atoms with van der Waals surface area (Å²) in [6.07, 6.45) is 2.65. The van der Waals surface area contributed by atoms with Gasteiger partial charge in [0.25, 0.3) is 5.56 Å². The number of nitrogens with zero attached hydrogens (tertiary/aromatic N) is 2. The van der Waals surface area contributed by atoms with E-state index in [1.165, 1.54) is 6.07 Å². The molecule has 1 aromatic rings. The lowest BCUT2D eigenvalue weighted by Gasteiger charge is -2.10. The highest BCUT2D eigenvalue weighted by molar-refractivity contribution is 5.33. The topological polar surface area (TPSA) is 51.3 Å². The van der Waals surface area contributed by atoms with E-state index in [1.807, 2.05) is 14.1 Å². The fourth-order valence-corrected chi connectivity index (χ4v) is 1.28. The fourth-order valence-electron chi connectivity index (χ4n) is 1.28. The molecule has 1 aromatic heterocycles. The van der Waals surface area contributed by atoms with Crippen LogP contribution in [-0.4, -0.2) is 30.1 Å². The van der Waals surface area contributed by atoms with Crippen molar-refractivity contribution in [1.82, 2.24) is 9.47 Å². The van der Waals surface area contributed by atoms with E-state index in [0.717, 1.165) is 19.5 Å². The van der Waals surface area contributed by atoms with Gasteiger partial charge in [0.2, 0.25) is 0 Å². The van der Waals surface area contributed by atoms with Crippen molar-refractivity contribution in [2.24, 2.45) is 0 Å². The van der Waals surface area contributed by atoms with Crippen LogP contribution >= 0.6 is 0 Å². The lowest BCUT2D eigenvalue weighted by molar-refractivity contribution is 0.385. The standard InChI is InChI=1S/C10H17N3O/c1-12(2)6-3-7-13-8-9(11)4-5-10(13)14/h4-5,8H,3,6-7,11H2,1-2H3. The number of rotatable bonds is 4. The molecule has 4 nitrogen and oxygen atoms in total. The number of anilines is 1. The number of hydrogen-bond acceptors (Lipinski definition) is 3. The summed E-state index contributed by atoms with van der Waals surface area (Å²) in [7, 11) is 4.03. The summed E-state index contributed by atoms with van der Waals surface area (Å²) in [5.74, 6) is 0. The zero-order chi connectivity index (χ0) is 10.6. The summed E-state index contributed by atoms with van der Waals surface area (Å²) in [6.45, 7) is 1.70. The summed E-state index contributed by atoms with van der Waals surface area (Å²) in [6, 6.07) is 3.13. The number of aromatic nitrogens is 1. The minimum Gasteiger partial charge on any atom is -0.398 e. The molecule has 0 radical (unpaired) electrons. The molecule has 0 aliphatic heterocycles. The molecule has 0 atom stereocenters. The van der Waals surface area contributed by atoms with E-state index in [-0.39, 0.29) is 5.56 Å². The quantitative estimate of drug-likeness (QED) is 0.755. The molecule has 0 spiro atoms. The van der Waals surface area contributed by atoms with Crippen molar-refractivity contribution >= 4 is 5.69 Å². The van der Waals surface area contributed by atoms with E-state index in [4.69, 9.17) is 5.73 Å². The SMILES string of the molecule is CN(C)CCCn1cc(N)ccc1=O. The zero-order valence-corrected chi connectivity index (χ0v) is 8.73. The van der Waals surface area contributed by atoms with Gasteiger partial charge in [0, 0.05) is 24.5 Å². The maximum atomic E-state index is 11.3. The monoisotopic (exact) mass is 195 g/mol. The van der Waals surface area contributed by atoms with Crippen LogP contribution in [0.5, 0.6) is 0 Å². The zero-order valence-electron chi connectivity index (χ0n) is 8.73. The molecular formula is C10H17N3O. The Balaban J connectivity index is 2.58. The molecule has 0 aliphatic carbocycles. The Morgan fingerprint density at radius 1 is 1.43 bits per heavy atom. The van der Waals surface area contributed by atoms with Crippen molar-refractivity contribution in [2.75, 3.05) is 26.4 Å². The lowest BCUT2D eigenvalue weighted by Crippen LogP contribution is -2.22. The minimum absolute atomic E-state index is 0.0120. The first-order valence-corrected chi connectivity index (χ1v) is 4.70. The van der Waals surface area contributed by atoms with Crippen LogP contribution in [0.4, 0.5) is 5.69 Å². The van der Waals surface area contributed by atoms with Crippen LogP contribution in [0, 0.1) is 0 Å². The van der Waals surface area contributed by atoms with Crippen molar-refractivity contribution in [3.8, 4) is 0 Å². The van der Waals surface area contributed by atoms with Gasteiger partial charge in [-0.25, -0.2) is 0 Å². The third-order valence-electron chi connectivity index (χ3n) is 2.01. The van der Waals surface area contributed by atoms with Crippen molar-refractivity contribution in [3.63, 3.8) is 0 Å². The van der Waals surface area contributed by atoms with Gasteiger partial charge in [-0.1, -0.05) is 0 Å². The molecule has 78 valence electrons. The maximum Gasteiger partial charge on any atom is 0.250 e. The molecule has 0 unspecified atom stereocenters. The maximum absolute atomic E-state index is 11.3. The molecule has 14 heavy (non-hydrogen) atoms. The van der Waals surface area contributed by atoms with E-state index in [0.29, 0.717) is 5.69 Å². The summed E-state index contributed by atoms with van der Waals surface area (Å²) in [5.41, 5.74) is 6.23. The Morgan fingerprint density at radius 2 is 2.14 bits per heavy atom. The van der Waals surface area contributed by atoms with Crippen LogP contribution in [0.3, 0.4) is 0 Å². The van der Waals surface area contributed by atoms with Gasteiger partial charge in [-0.2, -0.15) is 0 Å². The van der Waals surface area contributed by atoms with Crippen LogP contribution in [0.15, 0.2) is 23.1 Å². The molecule has 0 saturated heterocycles. The molecule has 0 aliphatic rings. The number of aryl methyl sites for hydroxylation is 1. The van der Waals surface area contributed by atoms with Gasteiger partial charge in [-0.05, 0) is 33.1 Å². The van der Waals surface area contributed by atoms with Crippen LogP contribution < -0.4 is 11.3 Å². The molecule has 0 saturated carbocycles. The molecule has 0 fully saturated rings. The second kappa shape index (κ2) is 4.81. The van der Waals surface area contributed by atoms with E-state index in [9.17, 15) is 4.79 Å². The van der Waals surface area contributed by atoms with E-state index < -0.39 is 0 Å². The van der Waals surface area contributed by atoms with Crippen LogP contribution in [0.1, 0.15) is 6.42 Å². The Bertz CT molecular complexity index is 343. The largest absolute Gasteiger partial charge is 0.398 e.